The fourth-order valence-electron chi connectivity index (χ4n) is 2.38. The molecule has 0 aliphatic carbocycles. The van der Waals surface area contributed by atoms with E-state index in [0.29, 0.717) is 40.1 Å². The molecule has 0 spiro atoms. The van der Waals surface area contributed by atoms with E-state index in [9.17, 15) is 8.42 Å². The molecule has 130 valence electrons. The minimum Gasteiger partial charge on any atom is -0.493 e. The van der Waals surface area contributed by atoms with Gasteiger partial charge >= 0.3 is 0 Å². The van der Waals surface area contributed by atoms with Gasteiger partial charge in [-0.15, -0.1) is 0 Å². The highest BCUT2D eigenvalue weighted by atomic mass is 35.5. The maximum atomic E-state index is 10.8. The molecule has 3 aromatic rings. The van der Waals surface area contributed by atoms with Crippen LogP contribution in [0.5, 0.6) is 5.75 Å². The predicted octanol–water partition coefficient (Wildman–Crippen LogP) is 2.49. The Morgan fingerprint density at radius 1 is 1.20 bits per heavy atom. The van der Waals surface area contributed by atoms with E-state index in [0.717, 1.165) is 0 Å². The van der Waals surface area contributed by atoms with Crippen molar-refractivity contribution < 1.29 is 13.2 Å². The van der Waals surface area contributed by atoms with Crippen LogP contribution in [0.3, 0.4) is 0 Å². The van der Waals surface area contributed by atoms with Gasteiger partial charge < -0.3 is 4.74 Å². The van der Waals surface area contributed by atoms with Crippen molar-refractivity contribution >= 4 is 22.3 Å². The van der Waals surface area contributed by atoms with Gasteiger partial charge in [0.05, 0.1) is 23.6 Å². The number of thiol groups is 1. The molecular formula is C16H15ClN4O3S. The topological polar surface area (TPSA) is 87.0 Å². The van der Waals surface area contributed by atoms with Crippen molar-refractivity contribution in [2.75, 3.05) is 6.61 Å². The lowest BCUT2D eigenvalue weighted by molar-refractivity contribution is 0.341. The van der Waals surface area contributed by atoms with Crippen LogP contribution < -0.4 is 4.74 Å². The maximum Gasteiger partial charge on any atom is 0.155 e. The Bertz CT molecular complexity index is 946. The van der Waals surface area contributed by atoms with E-state index in [1.54, 1.807) is 41.5 Å². The highest BCUT2D eigenvalue weighted by Crippen LogP contribution is 2.35. The van der Waals surface area contributed by atoms with Gasteiger partial charge in [-0.25, -0.2) is 18.4 Å². The molecule has 7 nitrogen and oxygen atoms in total. The summed E-state index contributed by atoms with van der Waals surface area (Å²) in [5.41, 5.74) is 1.91. The van der Waals surface area contributed by atoms with Gasteiger partial charge in [0.2, 0.25) is 0 Å². The zero-order chi connectivity index (χ0) is 17.8. The number of ether oxygens (including phenoxy) is 1. The molecule has 0 saturated heterocycles. The lowest BCUT2D eigenvalue weighted by Gasteiger charge is -2.12. The van der Waals surface area contributed by atoms with Crippen LogP contribution in [0.25, 0.3) is 17.1 Å². The van der Waals surface area contributed by atoms with Gasteiger partial charge in [0.25, 0.3) is 0 Å². The third kappa shape index (κ3) is 3.80. The van der Waals surface area contributed by atoms with E-state index < -0.39 is 10.7 Å². The smallest absolute Gasteiger partial charge is 0.155 e. The van der Waals surface area contributed by atoms with E-state index in [1.807, 2.05) is 6.92 Å². The number of imidazole rings is 1. The summed E-state index contributed by atoms with van der Waals surface area (Å²) in [6.07, 6.45) is 6.36. The molecule has 0 aromatic carbocycles. The first kappa shape index (κ1) is 17.4. The van der Waals surface area contributed by atoms with Crippen LogP contribution >= 0.6 is 11.6 Å². The van der Waals surface area contributed by atoms with E-state index in [1.165, 1.54) is 6.20 Å². The number of rotatable bonds is 6. The Hall–Kier alpha value is -2.45. The molecule has 9 heteroatoms. The summed E-state index contributed by atoms with van der Waals surface area (Å²) in [5.74, 6) is 1.16. The molecule has 3 heterocycles. The molecule has 0 saturated carbocycles. The largest absolute Gasteiger partial charge is 0.493 e. The Morgan fingerprint density at radius 2 is 2.04 bits per heavy atom. The van der Waals surface area contributed by atoms with Crippen LogP contribution in [-0.2, 0) is 16.5 Å². The van der Waals surface area contributed by atoms with Crippen molar-refractivity contribution in [3.05, 3.63) is 53.8 Å². The SMILES string of the molecule is CCOc1ccncc1-c1c(Cl)ncn1-c1ccc(C[SH](=O)=O)cn1. The van der Waals surface area contributed by atoms with Crippen molar-refractivity contribution in [2.45, 2.75) is 12.7 Å². The van der Waals surface area contributed by atoms with Gasteiger partial charge in [-0.2, -0.15) is 0 Å². The fraction of sp³-hybridized carbons (Fsp3) is 0.188. The Labute approximate surface area is 151 Å². The molecule has 3 aromatic heterocycles. The summed E-state index contributed by atoms with van der Waals surface area (Å²) in [7, 11) is -2.49. The standard InChI is InChI=1S/C16H15ClN4O3S/c1-2-24-13-5-6-18-8-12(13)15-16(17)20-10-21(15)14-4-3-11(7-19-14)9-25(22)23/h3-8,10,25H,2,9H2,1H3. The minimum absolute atomic E-state index is 0.0444. The molecule has 0 aliphatic rings. The molecule has 0 atom stereocenters. The lowest BCUT2D eigenvalue weighted by Crippen LogP contribution is -2.02. The van der Waals surface area contributed by atoms with Crippen LogP contribution in [0.2, 0.25) is 5.15 Å². The van der Waals surface area contributed by atoms with Gasteiger partial charge in [0, 0.05) is 18.6 Å². The average Bonchev–Trinajstić information content (AvgIpc) is 2.97. The number of nitrogens with zero attached hydrogens (tertiary/aromatic N) is 4. The summed E-state index contributed by atoms with van der Waals surface area (Å²) in [6.45, 7) is 2.40. The molecule has 0 aliphatic heterocycles. The summed E-state index contributed by atoms with van der Waals surface area (Å²) < 4.78 is 29.0. The first-order valence-corrected chi connectivity index (χ1v) is 9.21. The van der Waals surface area contributed by atoms with Gasteiger partial charge in [-0.05, 0) is 24.6 Å². The first-order chi connectivity index (χ1) is 12.1. The van der Waals surface area contributed by atoms with E-state index in [-0.39, 0.29) is 5.75 Å². The number of halogens is 1. The van der Waals surface area contributed by atoms with E-state index >= 15 is 0 Å². The number of hydrogen-bond donors (Lipinski definition) is 1. The third-order valence-corrected chi connectivity index (χ3v) is 4.33. The number of pyridine rings is 2. The molecule has 0 fully saturated rings. The second-order valence-corrected chi connectivity index (χ2v) is 6.41. The summed E-state index contributed by atoms with van der Waals surface area (Å²) in [5, 5.41) is 0.294. The Kier molecular flexibility index (Phi) is 5.30. The second-order valence-electron chi connectivity index (χ2n) is 5.07. The van der Waals surface area contributed by atoms with E-state index in [4.69, 9.17) is 16.3 Å². The molecule has 3 rings (SSSR count). The molecule has 0 radical (unpaired) electrons. The predicted molar refractivity (Wildman–Crippen MR) is 94.8 cm³/mol. The van der Waals surface area contributed by atoms with Crippen LogP contribution in [0.4, 0.5) is 0 Å². The second kappa shape index (κ2) is 7.62. The van der Waals surface area contributed by atoms with Crippen LogP contribution in [0, 0.1) is 0 Å². The zero-order valence-electron chi connectivity index (χ0n) is 13.3. The quantitative estimate of drug-likeness (QED) is 0.663. The maximum absolute atomic E-state index is 10.8. The number of aromatic nitrogens is 4. The van der Waals surface area contributed by atoms with Crippen LogP contribution in [-0.4, -0.2) is 34.5 Å². The number of hydrogen-bond acceptors (Lipinski definition) is 6. The zero-order valence-corrected chi connectivity index (χ0v) is 14.9. The van der Waals surface area contributed by atoms with Crippen molar-refractivity contribution in [1.29, 1.82) is 0 Å². The van der Waals surface area contributed by atoms with Gasteiger partial charge in [-0.3, -0.25) is 9.55 Å². The van der Waals surface area contributed by atoms with Crippen molar-refractivity contribution in [1.82, 2.24) is 19.5 Å². The van der Waals surface area contributed by atoms with Gasteiger partial charge in [-0.1, -0.05) is 17.7 Å². The van der Waals surface area contributed by atoms with Crippen LogP contribution in [0.15, 0.2) is 43.1 Å². The van der Waals surface area contributed by atoms with Gasteiger partial charge in [0.1, 0.15) is 28.6 Å². The molecule has 0 N–H and O–H groups in total. The summed E-state index contributed by atoms with van der Waals surface area (Å²) >= 11 is 6.28. The Balaban J connectivity index is 2.06. The summed E-state index contributed by atoms with van der Waals surface area (Å²) in [4.78, 5) is 12.6. The normalized spacial score (nSPS) is 11.0. The highest BCUT2D eigenvalue weighted by molar-refractivity contribution is 7.71. The van der Waals surface area contributed by atoms with E-state index in [2.05, 4.69) is 15.0 Å². The molecule has 0 amide bonds. The molecule has 0 bridgehead atoms. The highest BCUT2D eigenvalue weighted by Gasteiger charge is 2.18. The minimum atomic E-state index is -2.49. The first-order valence-electron chi connectivity index (χ1n) is 7.47. The molecule has 25 heavy (non-hydrogen) atoms. The van der Waals surface area contributed by atoms with Crippen molar-refractivity contribution in [3.63, 3.8) is 0 Å². The van der Waals surface area contributed by atoms with Crippen LogP contribution in [0.1, 0.15) is 12.5 Å². The Morgan fingerprint density at radius 3 is 2.72 bits per heavy atom. The lowest BCUT2D eigenvalue weighted by atomic mass is 10.2. The third-order valence-electron chi connectivity index (χ3n) is 3.43. The van der Waals surface area contributed by atoms with Crippen molar-refractivity contribution in [2.24, 2.45) is 0 Å². The monoisotopic (exact) mass is 378 g/mol. The average molecular weight is 379 g/mol. The molecular weight excluding hydrogens is 364 g/mol. The van der Waals surface area contributed by atoms with Gasteiger partial charge in [0.15, 0.2) is 5.15 Å². The van der Waals surface area contributed by atoms with Crippen molar-refractivity contribution in [3.8, 4) is 22.8 Å². The fourth-order valence-corrected chi connectivity index (χ4v) is 3.11. The summed E-state index contributed by atoms with van der Waals surface area (Å²) in [6, 6.07) is 5.18. The molecule has 0 unspecified atom stereocenters.